The molecule has 1 N–H and O–H groups in total. The molecule has 9 rings (SSSR count). The Kier molecular flexibility index (Phi) is 6.65. The Bertz CT molecular complexity index is 1430. The van der Waals surface area contributed by atoms with Gasteiger partial charge in [0.2, 0.25) is 17.7 Å². The van der Waals surface area contributed by atoms with E-state index in [0.717, 1.165) is 45.2 Å². The van der Waals surface area contributed by atoms with Crippen LogP contribution in [0.3, 0.4) is 0 Å². The predicted octanol–water partition coefficient (Wildman–Crippen LogP) is 3.74. The number of benzene rings is 1. The molecular formula is C34H42F2N4O5. The Morgan fingerprint density at radius 2 is 1.73 bits per heavy atom. The normalized spacial score (nSPS) is 36.5. The van der Waals surface area contributed by atoms with E-state index in [4.69, 9.17) is 4.74 Å². The molecule has 4 amide bonds. The molecule has 4 heterocycles. The lowest BCUT2D eigenvalue weighted by atomic mass is 9.35. The van der Waals surface area contributed by atoms with Gasteiger partial charge in [0.1, 0.15) is 23.9 Å². The molecule has 1 unspecified atom stereocenters. The third-order valence-electron chi connectivity index (χ3n) is 12.1. The van der Waals surface area contributed by atoms with Gasteiger partial charge >= 0.3 is 0 Å². The number of amides is 4. The van der Waals surface area contributed by atoms with Crippen LogP contribution < -0.4 is 10.1 Å². The molecule has 0 radical (unpaired) electrons. The number of nitrogens with one attached hydrogen (secondary N) is 1. The van der Waals surface area contributed by atoms with Crippen molar-refractivity contribution in [1.82, 2.24) is 20.0 Å². The fourth-order valence-corrected chi connectivity index (χ4v) is 10.0. The van der Waals surface area contributed by atoms with Crippen LogP contribution in [-0.4, -0.2) is 88.6 Å². The quantitative estimate of drug-likeness (QED) is 0.485. The lowest BCUT2D eigenvalue weighted by Crippen LogP contribution is -2.68. The molecule has 3 atom stereocenters. The molecule has 1 aromatic carbocycles. The van der Waals surface area contributed by atoms with Gasteiger partial charge in [-0.2, -0.15) is 0 Å². The Hall–Kier alpha value is -3.08. The molecule has 9 nitrogen and oxygen atoms in total. The van der Waals surface area contributed by atoms with Gasteiger partial charge in [-0.1, -0.05) is 6.92 Å². The number of fused-ring (bicyclic) bond motifs is 1. The van der Waals surface area contributed by atoms with Crippen molar-refractivity contribution >= 4 is 23.6 Å². The number of nitrogens with zero attached hydrogens (tertiary/aromatic N) is 3. The summed E-state index contributed by atoms with van der Waals surface area (Å²) in [6.45, 7) is 5.30. The molecule has 0 spiro atoms. The van der Waals surface area contributed by atoms with Gasteiger partial charge in [-0.25, -0.2) is 8.78 Å². The van der Waals surface area contributed by atoms with Crippen LogP contribution in [0.4, 0.5) is 8.78 Å². The number of likely N-dealkylation sites (tertiary alicyclic amines) is 2. The van der Waals surface area contributed by atoms with Gasteiger partial charge in [-0.15, -0.1) is 0 Å². The molecule has 11 heteroatoms. The smallest absolute Gasteiger partial charge is 0.266 e. The fourth-order valence-electron chi connectivity index (χ4n) is 10.0. The first-order chi connectivity index (χ1) is 21.4. The summed E-state index contributed by atoms with van der Waals surface area (Å²) in [6, 6.07) is 3.33. The first-order valence-electron chi connectivity index (χ1n) is 16.8. The highest BCUT2D eigenvalue weighted by atomic mass is 19.3. The van der Waals surface area contributed by atoms with E-state index in [2.05, 4.69) is 17.1 Å². The Balaban J connectivity index is 0.887. The molecule has 7 fully saturated rings. The van der Waals surface area contributed by atoms with Crippen LogP contribution in [-0.2, 0) is 20.9 Å². The molecular weight excluding hydrogens is 582 g/mol. The van der Waals surface area contributed by atoms with Crippen molar-refractivity contribution in [3.8, 4) is 5.75 Å². The van der Waals surface area contributed by atoms with Crippen molar-refractivity contribution in [3.63, 3.8) is 0 Å². The molecule has 4 saturated carbocycles. The number of hydrogen-bond acceptors (Lipinski definition) is 6. The van der Waals surface area contributed by atoms with Crippen molar-refractivity contribution in [2.24, 2.45) is 22.7 Å². The Morgan fingerprint density at radius 1 is 1.00 bits per heavy atom. The second kappa shape index (κ2) is 10.2. The summed E-state index contributed by atoms with van der Waals surface area (Å²) in [5.41, 5.74) is 1.50. The number of halogens is 2. The van der Waals surface area contributed by atoms with Gasteiger partial charge in [-0.05, 0) is 92.4 Å². The molecule has 242 valence electrons. The van der Waals surface area contributed by atoms with Gasteiger partial charge in [0.15, 0.2) is 0 Å². The highest BCUT2D eigenvalue weighted by Gasteiger charge is 2.69. The summed E-state index contributed by atoms with van der Waals surface area (Å²) in [7, 11) is 0. The van der Waals surface area contributed by atoms with Gasteiger partial charge in [0, 0.05) is 51.1 Å². The van der Waals surface area contributed by atoms with E-state index in [1.165, 1.54) is 4.90 Å². The van der Waals surface area contributed by atoms with Gasteiger partial charge in [0.05, 0.1) is 5.41 Å². The van der Waals surface area contributed by atoms with Gasteiger partial charge in [-0.3, -0.25) is 29.4 Å². The number of carbonyl (C=O) groups is 4. The van der Waals surface area contributed by atoms with Crippen molar-refractivity contribution in [3.05, 3.63) is 29.3 Å². The van der Waals surface area contributed by atoms with Crippen LogP contribution >= 0.6 is 0 Å². The van der Waals surface area contributed by atoms with Crippen molar-refractivity contribution in [2.75, 3.05) is 26.2 Å². The lowest BCUT2D eigenvalue weighted by molar-refractivity contribution is -0.211. The summed E-state index contributed by atoms with van der Waals surface area (Å²) in [4.78, 5) is 55.6. The van der Waals surface area contributed by atoms with Crippen molar-refractivity contribution in [2.45, 2.75) is 102 Å². The number of piperidine rings is 2. The highest BCUT2D eigenvalue weighted by Crippen LogP contribution is 2.73. The SMILES string of the molecule is CC12CC(C(=O)N3CCC(C4CN([C@H]5[C@H](Oc6ccc7c(c6)CN(C6CCC(=O)NC6=O)C7=O)CCCC5(F)F)C4)CC3)(C1)C2. The van der Waals surface area contributed by atoms with Crippen molar-refractivity contribution < 1.29 is 32.7 Å². The molecule has 3 saturated heterocycles. The maximum absolute atomic E-state index is 15.5. The molecule has 0 aromatic heterocycles. The number of hydrogen-bond donors (Lipinski definition) is 1. The van der Waals surface area contributed by atoms with Crippen LogP contribution in [0.15, 0.2) is 18.2 Å². The zero-order valence-electron chi connectivity index (χ0n) is 25.9. The molecule has 1 aromatic rings. The largest absolute Gasteiger partial charge is 0.489 e. The average molecular weight is 625 g/mol. The predicted molar refractivity (Wildman–Crippen MR) is 158 cm³/mol. The fraction of sp³-hybridized carbons (Fsp3) is 0.706. The van der Waals surface area contributed by atoms with Crippen LogP contribution in [0.2, 0.25) is 0 Å². The van der Waals surface area contributed by atoms with Crippen LogP contribution in [0.25, 0.3) is 0 Å². The maximum Gasteiger partial charge on any atom is 0.266 e. The first kappa shape index (κ1) is 29.3. The van der Waals surface area contributed by atoms with E-state index in [9.17, 15) is 19.2 Å². The van der Waals surface area contributed by atoms with E-state index < -0.39 is 30.0 Å². The van der Waals surface area contributed by atoms with E-state index >= 15 is 8.78 Å². The van der Waals surface area contributed by atoms with Gasteiger partial charge < -0.3 is 14.5 Å². The van der Waals surface area contributed by atoms with E-state index in [1.54, 1.807) is 18.2 Å². The zero-order valence-corrected chi connectivity index (χ0v) is 25.9. The molecule has 4 aliphatic heterocycles. The number of rotatable bonds is 6. The summed E-state index contributed by atoms with van der Waals surface area (Å²) >= 11 is 0. The Labute approximate surface area is 262 Å². The maximum atomic E-state index is 15.5. The minimum absolute atomic E-state index is 0.0717. The standard InChI is InChI=1S/C34H42F2N4O5/c1-32-17-33(18-32,19-32)31(44)38-11-8-20(9-12-38)22-14-39(15-22)28-26(3-2-10-34(28,35)36)45-23-4-5-24-21(13-23)16-40(30(24)43)25-6-7-27(41)37-29(25)42/h4-5,13,20,22,25-26,28H,2-3,6-12,14-19H2,1H3,(H,37,41,42)/t25?,26-,28+,32?,33?/m1/s1. The summed E-state index contributed by atoms with van der Waals surface area (Å²) < 4.78 is 37.3. The highest BCUT2D eigenvalue weighted by molar-refractivity contribution is 6.05. The monoisotopic (exact) mass is 624 g/mol. The number of carbonyl (C=O) groups excluding carboxylic acids is 4. The second-order valence-corrected chi connectivity index (χ2v) is 15.4. The van der Waals surface area contributed by atoms with E-state index in [-0.39, 0.29) is 43.0 Å². The number of ether oxygens (including phenoxy) is 1. The minimum Gasteiger partial charge on any atom is -0.489 e. The number of imide groups is 1. The molecule has 4 aliphatic carbocycles. The third kappa shape index (κ3) is 4.78. The lowest BCUT2D eigenvalue weighted by Gasteiger charge is -2.69. The van der Waals surface area contributed by atoms with E-state index in [0.29, 0.717) is 66.0 Å². The van der Waals surface area contributed by atoms with E-state index in [1.807, 2.05) is 4.90 Å². The topological polar surface area (TPSA) is 99.3 Å². The van der Waals surface area contributed by atoms with Crippen LogP contribution in [0, 0.1) is 22.7 Å². The Morgan fingerprint density at radius 3 is 2.42 bits per heavy atom. The summed E-state index contributed by atoms with van der Waals surface area (Å²) in [6.07, 6.45) is 5.56. The minimum atomic E-state index is -2.86. The second-order valence-electron chi connectivity index (χ2n) is 15.4. The van der Waals surface area contributed by atoms with Crippen molar-refractivity contribution in [1.29, 1.82) is 0 Å². The molecule has 45 heavy (non-hydrogen) atoms. The summed E-state index contributed by atoms with van der Waals surface area (Å²) in [5.74, 6) is -2.33. The van der Waals surface area contributed by atoms with Crippen LogP contribution in [0.1, 0.15) is 87.1 Å². The average Bonchev–Trinajstić information content (AvgIpc) is 3.26. The zero-order chi connectivity index (χ0) is 31.3. The third-order valence-corrected chi connectivity index (χ3v) is 12.1. The van der Waals surface area contributed by atoms with Crippen LogP contribution in [0.5, 0.6) is 5.75 Å². The molecule has 8 aliphatic rings. The number of alkyl halides is 2. The molecule has 2 bridgehead atoms. The summed E-state index contributed by atoms with van der Waals surface area (Å²) in [5, 5.41) is 2.31. The van der Waals surface area contributed by atoms with Gasteiger partial charge in [0.25, 0.3) is 11.8 Å². The first-order valence-corrected chi connectivity index (χ1v) is 16.8.